The number of hydrogen-bond donors (Lipinski definition) is 3. The summed E-state index contributed by atoms with van der Waals surface area (Å²) in [5.74, 6) is -1.07. The van der Waals surface area contributed by atoms with Crippen molar-refractivity contribution in [3.05, 3.63) is 29.8 Å². The van der Waals surface area contributed by atoms with Gasteiger partial charge in [-0.25, -0.2) is 0 Å². The molecule has 1 unspecified atom stereocenters. The van der Waals surface area contributed by atoms with E-state index in [0.717, 1.165) is 12.1 Å². The zero-order valence-electron chi connectivity index (χ0n) is 9.58. The highest BCUT2D eigenvalue weighted by molar-refractivity contribution is 5.74. The topological polar surface area (TPSA) is 61.4 Å². The van der Waals surface area contributed by atoms with E-state index in [9.17, 15) is 18.0 Å². The van der Waals surface area contributed by atoms with E-state index in [1.165, 1.54) is 19.2 Å². The van der Waals surface area contributed by atoms with Gasteiger partial charge in [-0.15, -0.1) is 0 Å². The van der Waals surface area contributed by atoms with Crippen molar-refractivity contribution in [1.29, 1.82) is 0 Å². The van der Waals surface area contributed by atoms with Crippen LogP contribution in [-0.2, 0) is 11.0 Å². The van der Waals surface area contributed by atoms with Gasteiger partial charge in [0.1, 0.15) is 6.04 Å². The molecule has 1 rings (SSSR count). The molecule has 0 aromatic heterocycles. The van der Waals surface area contributed by atoms with Gasteiger partial charge in [0.15, 0.2) is 0 Å². The molecule has 0 aliphatic heterocycles. The predicted octanol–water partition coefficient (Wildman–Crippen LogP) is 1.79. The normalized spacial score (nSPS) is 13.1. The number of halogens is 3. The minimum absolute atomic E-state index is 0.00680. The van der Waals surface area contributed by atoms with Gasteiger partial charge >= 0.3 is 12.1 Å². The molecule has 0 heterocycles. The number of aliphatic carboxylic acids is 1. The lowest BCUT2D eigenvalue weighted by Gasteiger charge is -2.14. The molecule has 0 spiro atoms. The van der Waals surface area contributed by atoms with Gasteiger partial charge in [0.05, 0.1) is 5.56 Å². The molecule has 0 saturated carbocycles. The molecule has 100 valence electrons. The van der Waals surface area contributed by atoms with E-state index in [-0.39, 0.29) is 12.2 Å². The average molecular weight is 262 g/mol. The highest BCUT2D eigenvalue weighted by Gasteiger charge is 2.30. The first-order valence-corrected chi connectivity index (χ1v) is 5.16. The van der Waals surface area contributed by atoms with Gasteiger partial charge in [-0.3, -0.25) is 4.79 Å². The Hall–Kier alpha value is -1.76. The third-order valence-electron chi connectivity index (χ3n) is 2.35. The van der Waals surface area contributed by atoms with Crippen molar-refractivity contribution in [2.75, 3.05) is 18.9 Å². The van der Waals surface area contributed by atoms with Gasteiger partial charge in [0, 0.05) is 12.2 Å². The zero-order chi connectivity index (χ0) is 13.8. The van der Waals surface area contributed by atoms with E-state index in [2.05, 4.69) is 10.6 Å². The monoisotopic (exact) mass is 262 g/mol. The van der Waals surface area contributed by atoms with Crippen molar-refractivity contribution in [3.8, 4) is 0 Å². The number of hydrogen-bond acceptors (Lipinski definition) is 3. The van der Waals surface area contributed by atoms with Crippen molar-refractivity contribution >= 4 is 11.7 Å². The minimum Gasteiger partial charge on any atom is -0.480 e. The summed E-state index contributed by atoms with van der Waals surface area (Å²) in [7, 11) is 1.46. The number of benzene rings is 1. The Labute approximate surface area is 102 Å². The average Bonchev–Trinajstić information content (AvgIpc) is 2.28. The molecule has 18 heavy (non-hydrogen) atoms. The second-order valence-corrected chi connectivity index (χ2v) is 3.64. The maximum Gasteiger partial charge on any atom is 0.416 e. The summed E-state index contributed by atoms with van der Waals surface area (Å²) < 4.78 is 37.3. The Morgan fingerprint density at radius 3 is 2.61 bits per heavy atom. The van der Waals surface area contributed by atoms with Crippen LogP contribution in [0.5, 0.6) is 0 Å². The van der Waals surface area contributed by atoms with Gasteiger partial charge in [0.2, 0.25) is 0 Å². The molecule has 3 N–H and O–H groups in total. The molecule has 0 amide bonds. The van der Waals surface area contributed by atoms with Crippen molar-refractivity contribution in [3.63, 3.8) is 0 Å². The fraction of sp³-hybridized carbons (Fsp3) is 0.364. The summed E-state index contributed by atoms with van der Waals surface area (Å²) >= 11 is 0. The maximum absolute atomic E-state index is 12.4. The lowest BCUT2D eigenvalue weighted by molar-refractivity contribution is -0.139. The van der Waals surface area contributed by atoms with Crippen LogP contribution in [0.15, 0.2) is 24.3 Å². The molecule has 4 nitrogen and oxygen atoms in total. The fourth-order valence-corrected chi connectivity index (χ4v) is 1.34. The quantitative estimate of drug-likeness (QED) is 0.757. The summed E-state index contributed by atoms with van der Waals surface area (Å²) in [6.45, 7) is -0.00680. The van der Waals surface area contributed by atoms with Crippen LogP contribution in [0.2, 0.25) is 0 Å². The van der Waals surface area contributed by atoms with Crippen LogP contribution < -0.4 is 10.6 Å². The molecule has 0 fully saturated rings. The Kier molecular flexibility index (Phi) is 4.55. The molecule has 0 radical (unpaired) electrons. The smallest absolute Gasteiger partial charge is 0.416 e. The van der Waals surface area contributed by atoms with Gasteiger partial charge in [-0.05, 0) is 25.2 Å². The lowest BCUT2D eigenvalue weighted by Crippen LogP contribution is -2.39. The van der Waals surface area contributed by atoms with E-state index >= 15 is 0 Å². The van der Waals surface area contributed by atoms with Crippen LogP contribution in [0.1, 0.15) is 5.56 Å². The van der Waals surface area contributed by atoms with Crippen LogP contribution >= 0.6 is 0 Å². The third kappa shape index (κ3) is 3.92. The number of carboxylic acid groups (broad SMARTS) is 1. The standard InChI is InChI=1S/C11H13F3N2O2/c1-15-9(10(17)18)6-16-8-4-2-3-7(5-8)11(12,13)14/h2-5,9,15-16H,6H2,1H3,(H,17,18). The Morgan fingerprint density at radius 1 is 1.44 bits per heavy atom. The van der Waals surface area contributed by atoms with E-state index in [1.54, 1.807) is 0 Å². The summed E-state index contributed by atoms with van der Waals surface area (Å²) in [6, 6.07) is 3.75. The number of likely N-dealkylation sites (N-methyl/N-ethyl adjacent to an activating group) is 1. The second-order valence-electron chi connectivity index (χ2n) is 3.64. The SMILES string of the molecule is CNC(CNc1cccc(C(F)(F)F)c1)C(=O)O. The Morgan fingerprint density at radius 2 is 2.11 bits per heavy atom. The predicted molar refractivity (Wildman–Crippen MR) is 60.4 cm³/mol. The number of carboxylic acids is 1. The molecule has 1 atom stereocenters. The highest BCUT2D eigenvalue weighted by Crippen LogP contribution is 2.30. The summed E-state index contributed by atoms with van der Waals surface area (Å²) in [5, 5.41) is 13.9. The number of alkyl halides is 3. The van der Waals surface area contributed by atoms with Crippen molar-refractivity contribution in [2.24, 2.45) is 0 Å². The zero-order valence-corrected chi connectivity index (χ0v) is 9.58. The molecule has 1 aromatic carbocycles. The van der Waals surface area contributed by atoms with Gasteiger partial charge in [0.25, 0.3) is 0 Å². The summed E-state index contributed by atoms with van der Waals surface area (Å²) in [4.78, 5) is 10.7. The molecule has 0 bridgehead atoms. The van der Waals surface area contributed by atoms with Crippen molar-refractivity contribution < 1.29 is 23.1 Å². The van der Waals surface area contributed by atoms with Crippen LogP contribution in [-0.4, -0.2) is 30.7 Å². The molecule has 1 aromatic rings. The van der Waals surface area contributed by atoms with Crippen LogP contribution in [0, 0.1) is 0 Å². The molecule has 7 heteroatoms. The van der Waals surface area contributed by atoms with Gasteiger partial charge < -0.3 is 15.7 Å². The highest BCUT2D eigenvalue weighted by atomic mass is 19.4. The van der Waals surface area contributed by atoms with Gasteiger partial charge in [-0.1, -0.05) is 6.07 Å². The first-order chi connectivity index (χ1) is 8.34. The van der Waals surface area contributed by atoms with Crippen molar-refractivity contribution in [2.45, 2.75) is 12.2 Å². The summed E-state index contributed by atoms with van der Waals surface area (Å²) in [6.07, 6.45) is -4.41. The van der Waals surface area contributed by atoms with E-state index in [1.807, 2.05) is 0 Å². The lowest BCUT2D eigenvalue weighted by atomic mass is 10.2. The van der Waals surface area contributed by atoms with E-state index in [0.29, 0.717) is 0 Å². The fourth-order valence-electron chi connectivity index (χ4n) is 1.34. The molecule has 0 aliphatic carbocycles. The number of rotatable bonds is 5. The molecule has 0 aliphatic rings. The second kappa shape index (κ2) is 5.72. The van der Waals surface area contributed by atoms with Crippen LogP contribution in [0.25, 0.3) is 0 Å². The first-order valence-electron chi connectivity index (χ1n) is 5.16. The number of carbonyl (C=O) groups is 1. The molecular formula is C11H13F3N2O2. The molecule has 0 saturated heterocycles. The van der Waals surface area contributed by atoms with Gasteiger partial charge in [-0.2, -0.15) is 13.2 Å². The van der Waals surface area contributed by atoms with E-state index in [4.69, 9.17) is 5.11 Å². The first kappa shape index (κ1) is 14.3. The number of nitrogens with one attached hydrogen (secondary N) is 2. The largest absolute Gasteiger partial charge is 0.480 e. The van der Waals surface area contributed by atoms with Crippen LogP contribution in [0.4, 0.5) is 18.9 Å². The van der Waals surface area contributed by atoms with E-state index < -0.39 is 23.8 Å². The Bertz CT molecular complexity index is 421. The number of anilines is 1. The summed E-state index contributed by atoms with van der Waals surface area (Å²) in [5.41, 5.74) is -0.546. The third-order valence-corrected chi connectivity index (χ3v) is 2.35. The molecular weight excluding hydrogens is 249 g/mol. The maximum atomic E-state index is 12.4. The van der Waals surface area contributed by atoms with Crippen LogP contribution in [0.3, 0.4) is 0 Å². The minimum atomic E-state index is -4.41. The Balaban J connectivity index is 2.71. The van der Waals surface area contributed by atoms with Crippen molar-refractivity contribution in [1.82, 2.24) is 5.32 Å².